The number of rotatable bonds is 7. The quantitative estimate of drug-likeness (QED) is 0.521. The van der Waals surface area contributed by atoms with E-state index in [1.807, 2.05) is 13.8 Å². The topological polar surface area (TPSA) is 103 Å². The van der Waals surface area contributed by atoms with Crippen LogP contribution in [0.2, 0.25) is 5.02 Å². The first-order valence-corrected chi connectivity index (χ1v) is 11.7. The van der Waals surface area contributed by atoms with Crippen LogP contribution < -0.4 is 9.46 Å². The lowest BCUT2D eigenvalue weighted by molar-refractivity contribution is -0.106. The first-order valence-electron chi connectivity index (χ1n) is 9.65. The molecule has 0 aliphatic rings. The number of carbonyl (C=O) groups is 1. The Balaban J connectivity index is 1.90. The van der Waals surface area contributed by atoms with Gasteiger partial charge in [-0.3, -0.25) is 4.79 Å². The fourth-order valence-corrected chi connectivity index (χ4v) is 4.06. The van der Waals surface area contributed by atoms with E-state index in [-0.39, 0.29) is 22.4 Å². The average Bonchev–Trinajstić information content (AvgIpc) is 3.00. The first-order chi connectivity index (χ1) is 15.3. The molecule has 0 unspecified atom stereocenters. The van der Waals surface area contributed by atoms with Gasteiger partial charge in [0.2, 0.25) is 15.9 Å². The van der Waals surface area contributed by atoms with Gasteiger partial charge in [0.1, 0.15) is 5.02 Å². The number of pyridine rings is 1. The van der Waals surface area contributed by atoms with Gasteiger partial charge >= 0.3 is 6.18 Å². The van der Waals surface area contributed by atoms with Crippen LogP contribution in [0.15, 0.2) is 30.5 Å². The zero-order chi connectivity index (χ0) is 24.6. The van der Waals surface area contributed by atoms with Crippen molar-refractivity contribution < 1.29 is 31.1 Å². The van der Waals surface area contributed by atoms with E-state index in [0.29, 0.717) is 28.9 Å². The monoisotopic (exact) mass is 504 g/mol. The van der Waals surface area contributed by atoms with Crippen molar-refractivity contribution in [2.24, 2.45) is 5.92 Å². The molecule has 178 valence electrons. The molecule has 0 aliphatic heterocycles. The van der Waals surface area contributed by atoms with Crippen LogP contribution in [-0.2, 0) is 10.0 Å². The SMILES string of the molecule is Cc1nn(-c2cnc(OCC(C)C)c(Cl)c2)c2ccc(C(=O)NS(=O)(=O)CC(F)(F)F)cc12. The van der Waals surface area contributed by atoms with Crippen molar-refractivity contribution in [1.29, 1.82) is 0 Å². The number of amides is 1. The maximum absolute atomic E-state index is 12.4. The summed E-state index contributed by atoms with van der Waals surface area (Å²) in [6.07, 6.45) is -3.46. The molecule has 1 aromatic carbocycles. The minimum Gasteiger partial charge on any atom is -0.476 e. The number of alkyl halides is 3. The average molecular weight is 505 g/mol. The van der Waals surface area contributed by atoms with Gasteiger partial charge in [-0.25, -0.2) is 22.8 Å². The summed E-state index contributed by atoms with van der Waals surface area (Å²) in [6.45, 7) is 6.08. The van der Waals surface area contributed by atoms with E-state index >= 15 is 0 Å². The summed E-state index contributed by atoms with van der Waals surface area (Å²) in [5.74, 6) is -2.77. The van der Waals surface area contributed by atoms with Gasteiger partial charge in [0, 0.05) is 10.9 Å². The fourth-order valence-electron chi connectivity index (χ4n) is 2.94. The maximum atomic E-state index is 12.4. The minimum atomic E-state index is -4.97. The number of hydrogen-bond donors (Lipinski definition) is 1. The van der Waals surface area contributed by atoms with E-state index in [0.717, 1.165) is 0 Å². The van der Waals surface area contributed by atoms with Gasteiger partial charge < -0.3 is 4.74 Å². The second-order valence-electron chi connectivity index (χ2n) is 7.72. The largest absolute Gasteiger partial charge is 0.476 e. The zero-order valence-electron chi connectivity index (χ0n) is 17.8. The lowest BCUT2D eigenvalue weighted by Crippen LogP contribution is -2.37. The smallest absolute Gasteiger partial charge is 0.404 e. The van der Waals surface area contributed by atoms with Crippen molar-refractivity contribution in [1.82, 2.24) is 19.5 Å². The molecule has 0 spiro atoms. The van der Waals surface area contributed by atoms with Crippen LogP contribution >= 0.6 is 11.6 Å². The lowest BCUT2D eigenvalue weighted by Gasteiger charge is -2.11. The van der Waals surface area contributed by atoms with Gasteiger partial charge in [-0.05, 0) is 37.1 Å². The van der Waals surface area contributed by atoms with Gasteiger partial charge in [0.15, 0.2) is 5.75 Å². The number of ether oxygens (including phenoxy) is 1. The first kappa shape index (κ1) is 24.8. The second kappa shape index (κ2) is 9.18. The van der Waals surface area contributed by atoms with Crippen LogP contribution in [0, 0.1) is 12.8 Å². The van der Waals surface area contributed by atoms with Gasteiger partial charge in [-0.15, -0.1) is 0 Å². The summed E-state index contributed by atoms with van der Waals surface area (Å²) in [5, 5.41) is 5.18. The highest BCUT2D eigenvalue weighted by molar-refractivity contribution is 7.90. The van der Waals surface area contributed by atoms with Crippen molar-refractivity contribution in [2.75, 3.05) is 12.4 Å². The Hall–Kier alpha value is -2.86. The number of aryl methyl sites for hydroxylation is 1. The van der Waals surface area contributed by atoms with Gasteiger partial charge in [-0.2, -0.15) is 18.3 Å². The Morgan fingerprint density at radius 2 is 1.97 bits per heavy atom. The minimum absolute atomic E-state index is 0.135. The van der Waals surface area contributed by atoms with Gasteiger partial charge in [0.05, 0.1) is 29.7 Å². The van der Waals surface area contributed by atoms with E-state index < -0.39 is 27.9 Å². The molecule has 33 heavy (non-hydrogen) atoms. The Labute approximate surface area is 192 Å². The third kappa shape index (κ3) is 6.14. The van der Waals surface area contributed by atoms with Crippen molar-refractivity contribution in [2.45, 2.75) is 26.9 Å². The summed E-state index contributed by atoms with van der Waals surface area (Å²) in [7, 11) is -4.89. The number of halogens is 4. The predicted octanol–water partition coefficient (Wildman–Crippen LogP) is 4.04. The van der Waals surface area contributed by atoms with Crippen LogP contribution in [-0.4, -0.2) is 47.6 Å². The number of carbonyl (C=O) groups excluding carboxylic acids is 1. The van der Waals surface area contributed by atoms with Crippen LogP contribution in [0.4, 0.5) is 13.2 Å². The van der Waals surface area contributed by atoms with Crippen LogP contribution in [0.1, 0.15) is 29.9 Å². The van der Waals surface area contributed by atoms with E-state index in [2.05, 4.69) is 10.1 Å². The third-order valence-electron chi connectivity index (χ3n) is 4.32. The number of benzene rings is 1. The number of sulfonamides is 1. The highest BCUT2D eigenvalue weighted by Crippen LogP contribution is 2.28. The van der Waals surface area contributed by atoms with Crippen molar-refractivity contribution in [3.63, 3.8) is 0 Å². The standard InChI is InChI=1S/C20H20ClF3N4O4S/c1-11(2)9-32-19-16(21)7-14(8-25-19)28-17-5-4-13(6-15(17)12(3)26-28)18(29)27-33(30,31)10-20(22,23)24/h4-8,11H,9-10H2,1-3H3,(H,27,29). The van der Waals surface area contributed by atoms with E-state index in [9.17, 15) is 26.4 Å². The molecule has 2 heterocycles. The molecule has 8 nitrogen and oxygen atoms in total. The molecular formula is C20H20ClF3N4O4S. The Morgan fingerprint density at radius 1 is 1.27 bits per heavy atom. The summed E-state index contributed by atoms with van der Waals surface area (Å²) < 4.78 is 68.9. The fraction of sp³-hybridized carbons (Fsp3) is 0.350. The summed E-state index contributed by atoms with van der Waals surface area (Å²) in [5.41, 5.74) is 1.43. The number of nitrogens with one attached hydrogen (secondary N) is 1. The van der Waals surface area contributed by atoms with Crippen LogP contribution in [0.5, 0.6) is 5.88 Å². The molecule has 2 aromatic heterocycles. The normalized spacial score (nSPS) is 12.4. The molecule has 0 fully saturated rings. The molecule has 0 saturated carbocycles. The molecule has 1 amide bonds. The van der Waals surface area contributed by atoms with E-state index in [1.54, 1.807) is 13.0 Å². The zero-order valence-corrected chi connectivity index (χ0v) is 19.3. The molecule has 0 saturated heterocycles. The molecular weight excluding hydrogens is 485 g/mol. The number of nitrogens with zero attached hydrogens (tertiary/aromatic N) is 3. The second-order valence-corrected chi connectivity index (χ2v) is 9.85. The van der Waals surface area contributed by atoms with E-state index in [4.69, 9.17) is 16.3 Å². The number of fused-ring (bicyclic) bond motifs is 1. The molecule has 13 heteroatoms. The number of hydrogen-bond acceptors (Lipinski definition) is 6. The summed E-state index contributed by atoms with van der Waals surface area (Å²) in [4.78, 5) is 16.5. The van der Waals surface area contributed by atoms with Crippen molar-refractivity contribution in [3.05, 3.63) is 46.7 Å². The molecule has 3 aromatic rings. The molecule has 0 bridgehead atoms. The maximum Gasteiger partial charge on any atom is 0.404 e. The Kier molecular flexibility index (Phi) is 6.89. The predicted molar refractivity (Wildman–Crippen MR) is 116 cm³/mol. The highest BCUT2D eigenvalue weighted by atomic mass is 35.5. The van der Waals surface area contributed by atoms with Gasteiger partial charge in [-0.1, -0.05) is 25.4 Å². The summed E-state index contributed by atoms with van der Waals surface area (Å²) in [6, 6.07) is 5.74. The molecule has 1 N–H and O–H groups in total. The van der Waals surface area contributed by atoms with Crippen molar-refractivity contribution in [3.8, 4) is 11.6 Å². The van der Waals surface area contributed by atoms with E-state index in [1.165, 1.54) is 33.8 Å². The molecule has 0 aliphatic carbocycles. The lowest BCUT2D eigenvalue weighted by atomic mass is 10.1. The number of aromatic nitrogens is 3. The molecule has 3 rings (SSSR count). The highest BCUT2D eigenvalue weighted by Gasteiger charge is 2.36. The Morgan fingerprint density at radius 3 is 2.58 bits per heavy atom. The Bertz CT molecular complexity index is 1310. The molecule has 0 atom stereocenters. The van der Waals surface area contributed by atoms with Crippen LogP contribution in [0.25, 0.3) is 16.6 Å². The third-order valence-corrected chi connectivity index (χ3v) is 5.79. The van der Waals surface area contributed by atoms with Crippen LogP contribution in [0.3, 0.4) is 0 Å². The van der Waals surface area contributed by atoms with Crippen molar-refractivity contribution >= 4 is 38.4 Å². The van der Waals surface area contributed by atoms with Gasteiger partial charge in [0.25, 0.3) is 5.91 Å². The summed E-state index contributed by atoms with van der Waals surface area (Å²) >= 11 is 6.28. The molecule has 0 radical (unpaired) electrons.